The number of ether oxygens (including phenoxy) is 2. The maximum Gasteiger partial charge on any atom is 0.271 e. The van der Waals surface area contributed by atoms with Crippen molar-refractivity contribution in [2.75, 3.05) is 6.79 Å². The number of hydrazone groups is 1. The first-order valence-electron chi connectivity index (χ1n) is 9.30. The molecular formula is C23H16Br2N2O4. The summed E-state index contributed by atoms with van der Waals surface area (Å²) in [6.45, 7) is 0.140. The van der Waals surface area contributed by atoms with Crippen molar-refractivity contribution in [2.45, 2.75) is 6.42 Å². The van der Waals surface area contributed by atoms with Crippen LogP contribution in [0.1, 0.15) is 31.8 Å². The zero-order chi connectivity index (χ0) is 21.8. The molecule has 0 saturated carbocycles. The van der Waals surface area contributed by atoms with Crippen molar-refractivity contribution in [3.63, 3.8) is 0 Å². The van der Waals surface area contributed by atoms with Gasteiger partial charge in [-0.3, -0.25) is 9.59 Å². The fraction of sp³-hybridized carbons (Fsp3) is 0.0870. The molecule has 0 unspecified atom stereocenters. The van der Waals surface area contributed by atoms with Gasteiger partial charge in [-0.2, -0.15) is 5.10 Å². The molecule has 156 valence electrons. The lowest BCUT2D eigenvalue weighted by molar-refractivity contribution is 0.0953. The van der Waals surface area contributed by atoms with E-state index in [2.05, 4.69) is 42.4 Å². The van der Waals surface area contributed by atoms with E-state index in [4.69, 9.17) is 9.47 Å². The first-order valence-corrected chi connectivity index (χ1v) is 10.9. The molecule has 0 atom stereocenters. The van der Waals surface area contributed by atoms with Crippen LogP contribution in [-0.4, -0.2) is 24.7 Å². The molecule has 1 aliphatic heterocycles. The number of hydrogen-bond donors (Lipinski definition) is 1. The minimum Gasteiger partial charge on any atom is -0.454 e. The van der Waals surface area contributed by atoms with Crippen molar-refractivity contribution in [3.8, 4) is 11.5 Å². The van der Waals surface area contributed by atoms with E-state index in [0.717, 1.165) is 14.5 Å². The Kier molecular flexibility index (Phi) is 6.48. The van der Waals surface area contributed by atoms with Gasteiger partial charge in [0.05, 0.1) is 6.21 Å². The second kappa shape index (κ2) is 9.45. The molecule has 1 heterocycles. The van der Waals surface area contributed by atoms with Crippen LogP contribution in [0.3, 0.4) is 0 Å². The lowest BCUT2D eigenvalue weighted by Gasteiger charge is -2.10. The summed E-state index contributed by atoms with van der Waals surface area (Å²) < 4.78 is 12.1. The smallest absolute Gasteiger partial charge is 0.271 e. The Balaban J connectivity index is 1.51. The molecular weight excluding hydrogens is 528 g/mol. The van der Waals surface area contributed by atoms with Gasteiger partial charge in [-0.15, -0.1) is 0 Å². The van der Waals surface area contributed by atoms with Gasteiger partial charge >= 0.3 is 0 Å². The van der Waals surface area contributed by atoms with Gasteiger partial charge in [0.1, 0.15) is 0 Å². The third-order valence-electron chi connectivity index (χ3n) is 4.63. The molecule has 0 saturated heterocycles. The monoisotopic (exact) mass is 542 g/mol. The summed E-state index contributed by atoms with van der Waals surface area (Å²) in [5.41, 5.74) is 5.02. The molecule has 31 heavy (non-hydrogen) atoms. The second-order valence-electron chi connectivity index (χ2n) is 6.69. The van der Waals surface area contributed by atoms with Gasteiger partial charge in [0.25, 0.3) is 5.91 Å². The molecule has 6 nitrogen and oxygen atoms in total. The van der Waals surface area contributed by atoms with Crippen molar-refractivity contribution < 1.29 is 19.1 Å². The van der Waals surface area contributed by atoms with Crippen LogP contribution in [0.5, 0.6) is 11.5 Å². The number of benzene rings is 3. The summed E-state index contributed by atoms with van der Waals surface area (Å²) in [6.07, 6.45) is 1.71. The molecule has 8 heteroatoms. The van der Waals surface area contributed by atoms with E-state index in [-0.39, 0.29) is 24.9 Å². The van der Waals surface area contributed by atoms with Crippen LogP contribution in [-0.2, 0) is 6.42 Å². The van der Waals surface area contributed by atoms with Crippen LogP contribution >= 0.6 is 31.9 Å². The minimum absolute atomic E-state index is 0.0114. The quantitative estimate of drug-likeness (QED) is 0.265. The number of ketones is 1. The number of rotatable bonds is 6. The zero-order valence-electron chi connectivity index (χ0n) is 16.1. The van der Waals surface area contributed by atoms with Crippen LogP contribution in [0, 0.1) is 0 Å². The number of hydrogen-bond acceptors (Lipinski definition) is 5. The first kappa shape index (κ1) is 21.3. The molecule has 0 fully saturated rings. The van der Waals surface area contributed by atoms with Crippen LogP contribution in [0.4, 0.5) is 0 Å². The highest BCUT2D eigenvalue weighted by molar-refractivity contribution is 9.11. The predicted molar refractivity (Wildman–Crippen MR) is 124 cm³/mol. The van der Waals surface area contributed by atoms with E-state index in [1.807, 2.05) is 30.3 Å². The van der Waals surface area contributed by atoms with Gasteiger partial charge in [0.15, 0.2) is 17.3 Å². The Labute approximate surface area is 195 Å². The molecule has 0 spiro atoms. The summed E-state index contributed by atoms with van der Waals surface area (Å²) in [7, 11) is 0. The average molecular weight is 544 g/mol. The summed E-state index contributed by atoms with van der Waals surface area (Å²) in [4.78, 5) is 25.1. The summed E-state index contributed by atoms with van der Waals surface area (Å²) >= 11 is 6.98. The number of halogens is 2. The second-order valence-corrected chi connectivity index (χ2v) is 8.46. The number of fused-ring (bicyclic) bond motifs is 1. The summed E-state index contributed by atoms with van der Waals surface area (Å²) in [5.74, 6) is 0.731. The molecule has 0 bridgehead atoms. The maximum absolute atomic E-state index is 12.7. The van der Waals surface area contributed by atoms with Gasteiger partial charge < -0.3 is 9.47 Å². The molecule has 3 aromatic rings. The van der Waals surface area contributed by atoms with E-state index in [9.17, 15) is 9.59 Å². The number of nitrogens with one attached hydrogen (secondary N) is 1. The Hall–Kier alpha value is -2.97. The molecule has 0 radical (unpaired) electrons. The van der Waals surface area contributed by atoms with Gasteiger partial charge in [-0.1, -0.05) is 62.2 Å². The normalized spacial score (nSPS) is 12.2. The molecule has 1 N–H and O–H groups in total. The lowest BCUT2D eigenvalue weighted by Crippen LogP contribution is -2.17. The van der Waals surface area contributed by atoms with Crippen LogP contribution in [0.2, 0.25) is 0 Å². The standard InChI is InChI=1S/C23H16Br2N2O4/c24-17-8-16(18(19(25)10-17)11-20(28)14-4-2-1-3-5-14)12-26-27-23(29)15-6-7-21-22(9-15)31-13-30-21/h1-10,12H,11,13H2,(H,27,29)/b26-12+. The molecule has 0 aromatic heterocycles. The van der Waals surface area contributed by atoms with Crippen LogP contribution < -0.4 is 14.9 Å². The number of Topliss-reactive ketones (excluding diaryl/α,β-unsaturated/α-hetero) is 1. The van der Waals surface area contributed by atoms with Crippen LogP contribution in [0.25, 0.3) is 0 Å². The Morgan fingerprint density at radius 1 is 0.968 bits per heavy atom. The lowest BCUT2D eigenvalue weighted by atomic mass is 9.99. The van der Waals surface area contributed by atoms with Crippen LogP contribution in [0.15, 0.2) is 74.7 Å². The SMILES string of the molecule is O=C(Cc1c(Br)cc(Br)cc1/C=N/NC(=O)c1ccc2c(c1)OCO2)c1ccccc1. The highest BCUT2D eigenvalue weighted by Gasteiger charge is 2.16. The average Bonchev–Trinajstić information content (AvgIpc) is 3.24. The maximum atomic E-state index is 12.7. The zero-order valence-corrected chi connectivity index (χ0v) is 19.3. The molecule has 1 amide bonds. The summed E-state index contributed by atoms with van der Waals surface area (Å²) in [6, 6.07) is 17.7. The number of carbonyl (C=O) groups is 2. The largest absolute Gasteiger partial charge is 0.454 e. The van der Waals surface area contributed by atoms with Gasteiger partial charge in [-0.05, 0) is 35.9 Å². The molecule has 0 aliphatic carbocycles. The van der Waals surface area contributed by atoms with E-state index < -0.39 is 0 Å². The van der Waals surface area contributed by atoms with E-state index in [1.54, 1.807) is 30.3 Å². The molecule has 4 rings (SSSR count). The Morgan fingerprint density at radius 2 is 1.74 bits per heavy atom. The van der Waals surface area contributed by atoms with E-state index in [1.165, 1.54) is 6.21 Å². The van der Waals surface area contributed by atoms with Crippen molar-refractivity contribution in [1.82, 2.24) is 5.43 Å². The van der Waals surface area contributed by atoms with Gasteiger partial charge in [0.2, 0.25) is 6.79 Å². The third kappa shape index (κ3) is 5.03. The first-order chi connectivity index (χ1) is 15.0. The number of carbonyl (C=O) groups excluding carboxylic acids is 2. The van der Waals surface area contributed by atoms with Crippen molar-refractivity contribution in [2.24, 2.45) is 5.10 Å². The van der Waals surface area contributed by atoms with Crippen molar-refractivity contribution in [1.29, 1.82) is 0 Å². The molecule has 3 aromatic carbocycles. The molecule has 1 aliphatic rings. The fourth-order valence-corrected chi connectivity index (χ4v) is 4.47. The third-order valence-corrected chi connectivity index (χ3v) is 5.80. The Bertz CT molecular complexity index is 1180. The number of amides is 1. The number of nitrogens with zero attached hydrogens (tertiary/aromatic N) is 1. The van der Waals surface area contributed by atoms with Crippen molar-refractivity contribution >= 4 is 49.8 Å². The highest BCUT2D eigenvalue weighted by atomic mass is 79.9. The van der Waals surface area contributed by atoms with Crippen molar-refractivity contribution in [3.05, 3.63) is 91.9 Å². The van der Waals surface area contributed by atoms with E-state index in [0.29, 0.717) is 28.2 Å². The predicted octanol–water partition coefficient (Wildman–Crippen LogP) is 5.13. The van der Waals surface area contributed by atoms with E-state index >= 15 is 0 Å². The minimum atomic E-state index is -0.384. The Morgan fingerprint density at radius 3 is 2.55 bits per heavy atom. The fourth-order valence-electron chi connectivity index (χ4n) is 3.07. The highest BCUT2D eigenvalue weighted by Crippen LogP contribution is 2.32. The van der Waals surface area contributed by atoms with Gasteiger partial charge in [-0.25, -0.2) is 5.43 Å². The topological polar surface area (TPSA) is 77.0 Å². The summed E-state index contributed by atoms with van der Waals surface area (Å²) in [5, 5.41) is 4.08. The van der Waals surface area contributed by atoms with Gasteiger partial charge in [0, 0.05) is 32.1 Å².